The van der Waals surface area contributed by atoms with Gasteiger partial charge in [0.25, 0.3) is 0 Å². The number of nitrogens with one attached hydrogen (secondary N) is 1. The number of hydrogen-bond acceptors (Lipinski definition) is 6. The number of phosphoric acid groups is 1. The van der Waals surface area contributed by atoms with Gasteiger partial charge in [0.05, 0.1) is 33.8 Å². The zero-order valence-corrected chi connectivity index (χ0v) is 51.5. The Labute approximate surface area is 466 Å². The number of esters is 1. The van der Waals surface area contributed by atoms with Crippen molar-refractivity contribution in [3.05, 3.63) is 36.5 Å². The fourth-order valence-electron chi connectivity index (χ4n) is 9.56. The minimum atomic E-state index is -4.44. The highest BCUT2D eigenvalue weighted by molar-refractivity contribution is 7.47. The SMILES string of the molecule is CCCCC/C=C\C/C=C\CCCCCCCCCCCCCCCCCCCC(=O)NC(COP(=O)(O)OCC[N+](C)(C)C)C(/C=C\CCCCCCCCCCC)OC(=O)CCCCCCCCCCCCC. The molecule has 0 aliphatic heterocycles. The van der Waals surface area contributed by atoms with E-state index in [1.165, 1.54) is 218 Å². The monoisotopic (exact) mass is 1080 g/mol. The molecule has 0 aliphatic carbocycles. The summed E-state index contributed by atoms with van der Waals surface area (Å²) in [6, 6.07) is -0.842. The van der Waals surface area contributed by atoms with Crippen molar-refractivity contribution in [1.29, 1.82) is 0 Å². The molecule has 0 heterocycles. The molecule has 0 aromatic rings. The average molecular weight is 1080 g/mol. The molecule has 3 unspecified atom stereocenters. The quantitative estimate of drug-likeness (QED) is 0.0205. The maximum Gasteiger partial charge on any atom is 0.472 e. The minimum Gasteiger partial charge on any atom is -0.456 e. The van der Waals surface area contributed by atoms with Crippen LogP contribution in [-0.4, -0.2) is 74.3 Å². The molecule has 0 aromatic heterocycles. The molecular formula is C65H126N2O7P+. The van der Waals surface area contributed by atoms with E-state index in [9.17, 15) is 19.0 Å². The van der Waals surface area contributed by atoms with Crippen molar-refractivity contribution in [2.24, 2.45) is 0 Å². The van der Waals surface area contributed by atoms with Gasteiger partial charge < -0.3 is 19.4 Å². The topological polar surface area (TPSA) is 111 Å². The van der Waals surface area contributed by atoms with Crippen LogP contribution in [-0.2, 0) is 27.9 Å². The van der Waals surface area contributed by atoms with Crippen LogP contribution in [0.4, 0.5) is 0 Å². The van der Waals surface area contributed by atoms with Crippen molar-refractivity contribution in [3.63, 3.8) is 0 Å². The lowest BCUT2D eigenvalue weighted by Gasteiger charge is -2.27. The largest absolute Gasteiger partial charge is 0.472 e. The Morgan fingerprint density at radius 3 is 1.23 bits per heavy atom. The molecule has 0 spiro atoms. The molecule has 3 atom stereocenters. The molecule has 0 saturated carbocycles. The molecule has 0 saturated heterocycles. The number of rotatable bonds is 59. The number of nitrogens with zero attached hydrogens (tertiary/aromatic N) is 1. The molecule has 2 N–H and O–H groups in total. The second kappa shape index (κ2) is 55.5. The van der Waals surface area contributed by atoms with Crippen LogP contribution in [0.3, 0.4) is 0 Å². The summed E-state index contributed by atoms with van der Waals surface area (Å²) in [5.41, 5.74) is 0. The van der Waals surface area contributed by atoms with E-state index in [-0.39, 0.29) is 25.1 Å². The number of quaternary nitrogens is 1. The fraction of sp³-hybridized carbons (Fsp3) is 0.877. The highest BCUT2D eigenvalue weighted by Gasteiger charge is 2.30. The van der Waals surface area contributed by atoms with E-state index >= 15 is 0 Å². The van der Waals surface area contributed by atoms with Gasteiger partial charge in [0.2, 0.25) is 5.91 Å². The first-order valence-electron chi connectivity index (χ1n) is 32.3. The summed E-state index contributed by atoms with van der Waals surface area (Å²) in [6.45, 7) is 7.01. The van der Waals surface area contributed by atoms with Crippen LogP contribution in [0.2, 0.25) is 0 Å². The first-order chi connectivity index (χ1) is 36.4. The highest BCUT2D eigenvalue weighted by atomic mass is 31.2. The van der Waals surface area contributed by atoms with Crippen LogP contribution in [0.5, 0.6) is 0 Å². The molecule has 0 aromatic carbocycles. The van der Waals surface area contributed by atoms with Crippen LogP contribution in [0.15, 0.2) is 36.5 Å². The third-order valence-electron chi connectivity index (χ3n) is 14.6. The predicted octanol–water partition coefficient (Wildman–Crippen LogP) is 19.9. The summed E-state index contributed by atoms with van der Waals surface area (Å²) in [4.78, 5) is 37.6. The Bertz CT molecular complexity index is 1380. The number of phosphoric ester groups is 1. The second-order valence-electron chi connectivity index (χ2n) is 23.3. The Morgan fingerprint density at radius 2 is 0.813 bits per heavy atom. The summed E-state index contributed by atoms with van der Waals surface area (Å²) in [6.07, 6.45) is 67.3. The zero-order valence-electron chi connectivity index (χ0n) is 50.6. The Morgan fingerprint density at radius 1 is 0.467 bits per heavy atom. The number of carbonyl (C=O) groups excluding carboxylic acids is 2. The van der Waals surface area contributed by atoms with Gasteiger partial charge in [-0.05, 0) is 63.9 Å². The smallest absolute Gasteiger partial charge is 0.456 e. The summed E-state index contributed by atoms with van der Waals surface area (Å²) in [7, 11) is 1.51. The third-order valence-corrected chi connectivity index (χ3v) is 15.6. The number of allylic oxidation sites excluding steroid dienone is 5. The predicted molar refractivity (Wildman–Crippen MR) is 323 cm³/mol. The van der Waals surface area contributed by atoms with Gasteiger partial charge in [-0.15, -0.1) is 0 Å². The van der Waals surface area contributed by atoms with E-state index in [2.05, 4.69) is 50.4 Å². The number of unbranched alkanes of at least 4 members (excludes halogenated alkanes) is 39. The molecule has 0 rings (SSSR count). The first kappa shape index (κ1) is 73.2. The van der Waals surface area contributed by atoms with Gasteiger partial charge in [-0.3, -0.25) is 18.6 Å². The Kier molecular flexibility index (Phi) is 54.2. The lowest BCUT2D eigenvalue weighted by molar-refractivity contribution is -0.870. The highest BCUT2D eigenvalue weighted by Crippen LogP contribution is 2.43. The molecule has 0 radical (unpaired) electrons. The summed E-state index contributed by atoms with van der Waals surface area (Å²) < 4.78 is 30.7. The molecule has 75 heavy (non-hydrogen) atoms. The number of likely N-dealkylation sites (N-methyl/N-ethyl adjacent to an activating group) is 1. The van der Waals surface area contributed by atoms with Crippen molar-refractivity contribution in [1.82, 2.24) is 5.32 Å². The van der Waals surface area contributed by atoms with Crippen molar-refractivity contribution in [2.45, 2.75) is 328 Å². The molecule has 0 aliphatic rings. The number of carbonyl (C=O) groups is 2. The van der Waals surface area contributed by atoms with Crippen LogP contribution in [0.25, 0.3) is 0 Å². The Hall–Kier alpha value is -1.77. The first-order valence-corrected chi connectivity index (χ1v) is 33.8. The molecule has 0 fully saturated rings. The summed E-state index contributed by atoms with van der Waals surface area (Å²) in [5, 5.41) is 3.06. The van der Waals surface area contributed by atoms with E-state index in [1.807, 2.05) is 33.3 Å². The second-order valence-corrected chi connectivity index (χ2v) is 24.7. The van der Waals surface area contributed by atoms with Gasteiger partial charge in [-0.25, -0.2) is 4.57 Å². The van der Waals surface area contributed by atoms with E-state index in [0.717, 1.165) is 64.2 Å². The number of amides is 1. The van der Waals surface area contributed by atoms with Gasteiger partial charge in [0.15, 0.2) is 0 Å². The lowest BCUT2D eigenvalue weighted by atomic mass is 10.0. The van der Waals surface area contributed by atoms with Gasteiger partial charge >= 0.3 is 13.8 Å². The van der Waals surface area contributed by atoms with Gasteiger partial charge in [0.1, 0.15) is 19.3 Å². The average Bonchev–Trinajstić information content (AvgIpc) is 3.37. The van der Waals surface area contributed by atoms with Crippen molar-refractivity contribution in [2.75, 3.05) is 40.9 Å². The normalized spacial score (nSPS) is 13.9. The summed E-state index contributed by atoms with van der Waals surface area (Å²) in [5.74, 6) is -0.492. The van der Waals surface area contributed by atoms with Gasteiger partial charge in [0, 0.05) is 12.8 Å². The maximum absolute atomic E-state index is 13.5. The van der Waals surface area contributed by atoms with Gasteiger partial charge in [-0.1, -0.05) is 276 Å². The van der Waals surface area contributed by atoms with E-state index in [1.54, 1.807) is 0 Å². The van der Waals surface area contributed by atoms with Crippen molar-refractivity contribution in [3.8, 4) is 0 Å². The van der Waals surface area contributed by atoms with E-state index in [0.29, 0.717) is 23.9 Å². The minimum absolute atomic E-state index is 0.0433. The molecule has 9 nitrogen and oxygen atoms in total. The molecule has 442 valence electrons. The summed E-state index contributed by atoms with van der Waals surface area (Å²) >= 11 is 0. The van der Waals surface area contributed by atoms with Crippen LogP contribution < -0.4 is 5.32 Å². The van der Waals surface area contributed by atoms with Gasteiger partial charge in [-0.2, -0.15) is 0 Å². The lowest BCUT2D eigenvalue weighted by Crippen LogP contribution is -2.47. The number of hydrogen-bond donors (Lipinski definition) is 2. The Balaban J connectivity index is 4.92. The third kappa shape index (κ3) is 56.8. The van der Waals surface area contributed by atoms with Crippen molar-refractivity contribution < 1.29 is 37.3 Å². The standard InChI is InChI=1S/C65H125N2O7P/c1-7-10-13-16-19-22-25-26-27-28-29-30-31-32-33-34-35-36-37-38-39-40-43-45-48-51-54-57-64(68)66-62(61-73-75(70,71)72-60-59-67(4,5)6)63(56-53-50-47-44-41-23-20-17-14-11-8-2)74-65(69)58-55-52-49-46-42-24-21-18-15-12-9-3/h19,22,26-27,53,56,62-63H,7-18,20-21,23-25,28-52,54-55,57-61H2,1-6H3,(H-,66,68,70,71)/p+1/b22-19-,27-26-,56-53-. The van der Waals surface area contributed by atoms with Crippen LogP contribution >= 0.6 is 7.82 Å². The fourth-order valence-corrected chi connectivity index (χ4v) is 10.3. The number of ether oxygens (including phenoxy) is 1. The molecule has 10 heteroatoms. The molecule has 0 bridgehead atoms. The van der Waals surface area contributed by atoms with Crippen LogP contribution in [0, 0.1) is 0 Å². The maximum atomic E-state index is 13.5. The van der Waals surface area contributed by atoms with E-state index < -0.39 is 20.0 Å². The van der Waals surface area contributed by atoms with Crippen molar-refractivity contribution >= 4 is 19.7 Å². The molecule has 1 amide bonds. The van der Waals surface area contributed by atoms with E-state index in [4.69, 9.17) is 13.8 Å². The van der Waals surface area contributed by atoms with Crippen LogP contribution in [0.1, 0.15) is 316 Å². The zero-order chi connectivity index (χ0) is 55.0. The molecular weight excluding hydrogens is 952 g/mol.